The van der Waals surface area contributed by atoms with Crippen molar-refractivity contribution in [1.29, 1.82) is 5.41 Å². The van der Waals surface area contributed by atoms with Crippen molar-refractivity contribution in [2.75, 3.05) is 5.43 Å². The molecular weight excluding hydrogens is 669 g/mol. The molecule has 10 rings (SSSR count). The summed E-state index contributed by atoms with van der Waals surface area (Å²) in [6.07, 6.45) is 9.49. The fraction of sp³-hybridized carbons (Fsp3) is 0. The molecule has 8 aromatic carbocycles. The SMILES string of the molecule is N=C1C=C(c2ccc3c(-c4ccc5ccccc5c4)c4ccccc4c(-c4ccc5ccccc5c4)c3c2)C=C/C1=N/Nc1ccc(-c2ccncc2)cc1. The predicted octanol–water partition coefficient (Wildman–Crippen LogP) is 13.1. The fourth-order valence-corrected chi connectivity index (χ4v) is 7.89. The molecule has 2 N–H and O–H groups in total. The molecule has 0 spiro atoms. The van der Waals surface area contributed by atoms with Gasteiger partial charge in [-0.2, -0.15) is 5.10 Å². The number of nitrogens with zero attached hydrogens (tertiary/aromatic N) is 2. The lowest BCUT2D eigenvalue weighted by Gasteiger charge is -2.20. The summed E-state index contributed by atoms with van der Waals surface area (Å²) < 4.78 is 0. The summed E-state index contributed by atoms with van der Waals surface area (Å²) >= 11 is 0. The lowest BCUT2D eigenvalue weighted by Crippen LogP contribution is -2.13. The van der Waals surface area contributed by atoms with Crippen molar-refractivity contribution >= 4 is 65.8 Å². The van der Waals surface area contributed by atoms with E-state index in [4.69, 9.17) is 5.41 Å². The summed E-state index contributed by atoms with van der Waals surface area (Å²) in [4.78, 5) is 4.11. The van der Waals surface area contributed by atoms with Gasteiger partial charge in [0.25, 0.3) is 0 Å². The van der Waals surface area contributed by atoms with E-state index in [0.29, 0.717) is 11.4 Å². The number of rotatable bonds is 6. The molecule has 0 fully saturated rings. The van der Waals surface area contributed by atoms with E-state index in [9.17, 15) is 0 Å². The van der Waals surface area contributed by atoms with E-state index in [-0.39, 0.29) is 0 Å². The first-order valence-electron chi connectivity index (χ1n) is 18.5. The molecule has 1 heterocycles. The fourth-order valence-electron chi connectivity index (χ4n) is 7.89. The van der Waals surface area contributed by atoms with Crippen LogP contribution in [0.15, 0.2) is 200 Å². The van der Waals surface area contributed by atoms with Crippen LogP contribution in [0.5, 0.6) is 0 Å². The minimum atomic E-state index is 0.351. The zero-order chi connectivity index (χ0) is 36.7. The number of allylic oxidation sites excluding steroid dienone is 4. The molecule has 4 nitrogen and oxygen atoms in total. The van der Waals surface area contributed by atoms with E-state index >= 15 is 0 Å². The molecule has 1 aliphatic carbocycles. The van der Waals surface area contributed by atoms with Gasteiger partial charge in [-0.15, -0.1) is 0 Å². The molecule has 4 heteroatoms. The standard InChI is InChI=1S/C51H34N4/c52-48-32-40(20-24-49(48)55-54-43-21-17-35(18-22-43)36-25-27-53-28-26-36)39-19-23-46-47(31-39)51(42-16-14-34-8-2-4-10-38(34)30-42)45-12-6-5-11-44(45)50(46)41-15-13-33-7-1-3-9-37(33)29-41/h1-32,52,54H/b52-48?,55-49-. The Bertz CT molecular complexity index is 3060. The zero-order valence-electron chi connectivity index (χ0n) is 29.9. The lowest BCUT2D eigenvalue weighted by molar-refractivity contribution is 1.32. The second-order valence-corrected chi connectivity index (χ2v) is 13.9. The molecule has 9 aromatic rings. The predicted molar refractivity (Wildman–Crippen MR) is 233 cm³/mol. The number of anilines is 1. The number of fused-ring (bicyclic) bond motifs is 4. The summed E-state index contributed by atoms with van der Waals surface area (Å²) in [5.74, 6) is 0. The maximum absolute atomic E-state index is 8.97. The summed E-state index contributed by atoms with van der Waals surface area (Å²) in [6, 6.07) is 58.4. The number of nitrogens with one attached hydrogen (secondary N) is 2. The molecule has 0 saturated heterocycles. The highest BCUT2D eigenvalue weighted by molar-refractivity contribution is 6.51. The van der Waals surface area contributed by atoms with Crippen LogP contribution in [-0.4, -0.2) is 16.4 Å². The molecule has 0 saturated carbocycles. The van der Waals surface area contributed by atoms with Crippen molar-refractivity contribution in [3.8, 4) is 33.4 Å². The van der Waals surface area contributed by atoms with Crippen LogP contribution in [0.4, 0.5) is 5.69 Å². The van der Waals surface area contributed by atoms with Crippen LogP contribution in [0.1, 0.15) is 5.56 Å². The topological polar surface area (TPSA) is 61.1 Å². The lowest BCUT2D eigenvalue weighted by atomic mass is 9.84. The number of pyridine rings is 1. The zero-order valence-corrected chi connectivity index (χ0v) is 29.9. The van der Waals surface area contributed by atoms with Gasteiger partial charge < -0.3 is 0 Å². The normalized spacial score (nSPS) is 13.6. The van der Waals surface area contributed by atoms with Gasteiger partial charge in [0, 0.05) is 12.4 Å². The van der Waals surface area contributed by atoms with E-state index in [1.807, 2.05) is 36.4 Å². The van der Waals surface area contributed by atoms with Crippen molar-refractivity contribution in [1.82, 2.24) is 4.98 Å². The molecule has 1 aromatic heterocycles. The van der Waals surface area contributed by atoms with Gasteiger partial charge in [0.2, 0.25) is 0 Å². The summed E-state index contributed by atoms with van der Waals surface area (Å²) in [6.45, 7) is 0. The highest BCUT2D eigenvalue weighted by Crippen LogP contribution is 2.45. The Hall–Kier alpha value is -7.43. The van der Waals surface area contributed by atoms with E-state index in [0.717, 1.165) is 28.0 Å². The monoisotopic (exact) mass is 702 g/mol. The molecule has 258 valence electrons. The van der Waals surface area contributed by atoms with Crippen molar-refractivity contribution in [3.05, 3.63) is 200 Å². The van der Waals surface area contributed by atoms with E-state index in [1.165, 1.54) is 65.3 Å². The summed E-state index contributed by atoms with van der Waals surface area (Å²) in [5.41, 5.74) is 14.0. The molecule has 55 heavy (non-hydrogen) atoms. The number of hydrogen-bond acceptors (Lipinski definition) is 4. The molecule has 0 amide bonds. The van der Waals surface area contributed by atoms with E-state index < -0.39 is 0 Å². The van der Waals surface area contributed by atoms with Gasteiger partial charge in [0.15, 0.2) is 0 Å². The Morgan fingerprint density at radius 1 is 0.436 bits per heavy atom. The Labute approximate surface area is 319 Å². The maximum Gasteiger partial charge on any atom is 0.108 e. The summed E-state index contributed by atoms with van der Waals surface area (Å²) in [7, 11) is 0. The minimum absolute atomic E-state index is 0.351. The Kier molecular flexibility index (Phi) is 7.93. The maximum atomic E-state index is 8.97. The van der Waals surface area contributed by atoms with Gasteiger partial charge in [0.1, 0.15) is 5.71 Å². The largest absolute Gasteiger partial charge is 0.299 e. The average molecular weight is 703 g/mol. The van der Waals surface area contributed by atoms with Crippen LogP contribution in [0.3, 0.4) is 0 Å². The van der Waals surface area contributed by atoms with Gasteiger partial charge in [0.05, 0.1) is 11.4 Å². The van der Waals surface area contributed by atoms with Crippen LogP contribution in [-0.2, 0) is 0 Å². The second kappa shape index (κ2) is 13.5. The molecule has 0 atom stereocenters. The van der Waals surface area contributed by atoms with Crippen molar-refractivity contribution in [3.63, 3.8) is 0 Å². The Morgan fingerprint density at radius 3 is 1.60 bits per heavy atom. The number of aromatic nitrogens is 1. The van der Waals surface area contributed by atoms with Gasteiger partial charge >= 0.3 is 0 Å². The van der Waals surface area contributed by atoms with Crippen molar-refractivity contribution < 1.29 is 0 Å². The number of hydrazone groups is 1. The van der Waals surface area contributed by atoms with Crippen LogP contribution >= 0.6 is 0 Å². The second-order valence-electron chi connectivity index (χ2n) is 13.9. The molecule has 1 aliphatic rings. The van der Waals surface area contributed by atoms with E-state index in [2.05, 4.69) is 161 Å². The van der Waals surface area contributed by atoms with Gasteiger partial charge in [-0.25, -0.2) is 0 Å². The first kappa shape index (κ1) is 32.2. The van der Waals surface area contributed by atoms with Crippen LogP contribution < -0.4 is 5.43 Å². The van der Waals surface area contributed by atoms with Crippen LogP contribution in [0, 0.1) is 5.41 Å². The number of benzene rings is 8. The van der Waals surface area contributed by atoms with E-state index in [1.54, 1.807) is 12.4 Å². The number of hydrogen-bond donors (Lipinski definition) is 2. The van der Waals surface area contributed by atoms with Gasteiger partial charge in [-0.1, -0.05) is 127 Å². The van der Waals surface area contributed by atoms with Crippen LogP contribution in [0.25, 0.3) is 82.0 Å². The highest BCUT2D eigenvalue weighted by Gasteiger charge is 2.19. The van der Waals surface area contributed by atoms with Gasteiger partial charge in [-0.3, -0.25) is 15.8 Å². The third kappa shape index (κ3) is 5.96. The molecular formula is C51H34N4. The Morgan fingerprint density at radius 2 is 0.964 bits per heavy atom. The van der Waals surface area contributed by atoms with Gasteiger partial charge in [-0.05, 0) is 142 Å². The quantitative estimate of drug-likeness (QED) is 0.103. The molecule has 0 aliphatic heterocycles. The van der Waals surface area contributed by atoms with Crippen molar-refractivity contribution in [2.24, 2.45) is 5.10 Å². The highest BCUT2D eigenvalue weighted by atomic mass is 15.3. The molecule has 0 unspecified atom stereocenters. The Balaban J connectivity index is 1.08. The molecule has 0 radical (unpaired) electrons. The average Bonchev–Trinajstić information content (AvgIpc) is 3.25. The third-order valence-electron chi connectivity index (χ3n) is 10.6. The van der Waals surface area contributed by atoms with Crippen LogP contribution in [0.2, 0.25) is 0 Å². The third-order valence-corrected chi connectivity index (χ3v) is 10.6. The minimum Gasteiger partial charge on any atom is -0.299 e. The van der Waals surface area contributed by atoms with Crippen molar-refractivity contribution in [2.45, 2.75) is 0 Å². The summed E-state index contributed by atoms with van der Waals surface area (Å²) in [5, 5.41) is 23.2. The first-order valence-corrected chi connectivity index (χ1v) is 18.5. The first-order chi connectivity index (χ1) is 27.2. The smallest absolute Gasteiger partial charge is 0.108 e. The molecule has 0 bridgehead atoms.